The van der Waals surface area contributed by atoms with E-state index in [1.807, 2.05) is 5.32 Å². The number of nitrogens with one attached hydrogen (secondary N) is 1. The van der Waals surface area contributed by atoms with Crippen LogP contribution in [0.1, 0.15) is 13.3 Å². The summed E-state index contributed by atoms with van der Waals surface area (Å²) >= 11 is 0. The average Bonchev–Trinajstić information content (AvgIpc) is 1.88. The lowest BCUT2D eigenvalue weighted by molar-refractivity contribution is -0.368. The molecule has 0 heterocycles. The number of aliphatic hydroxyl groups is 4. The van der Waals surface area contributed by atoms with E-state index in [4.69, 9.17) is 20.4 Å². The van der Waals surface area contributed by atoms with Crippen LogP contribution in [0.25, 0.3) is 0 Å². The Morgan fingerprint density at radius 2 is 1.60 bits per heavy atom. The SMILES string of the molecule is CCC(O)(O)C(O)(O)NC. The first kappa shape index (κ1) is 9.80. The molecular formula is C5H13NO4. The van der Waals surface area contributed by atoms with Crippen molar-refractivity contribution < 1.29 is 20.4 Å². The lowest BCUT2D eigenvalue weighted by Crippen LogP contribution is -2.61. The van der Waals surface area contributed by atoms with Crippen molar-refractivity contribution in [3.05, 3.63) is 0 Å². The minimum absolute atomic E-state index is 0.180. The van der Waals surface area contributed by atoms with E-state index in [2.05, 4.69) is 0 Å². The maximum atomic E-state index is 8.84. The standard InChI is InChI=1S/C5H13NO4/c1-3-4(7,8)5(9,10)6-2/h6-10H,3H2,1-2H3. The number of rotatable bonds is 3. The van der Waals surface area contributed by atoms with Gasteiger partial charge in [-0.3, -0.25) is 5.32 Å². The first-order valence-electron chi connectivity index (χ1n) is 2.96. The summed E-state index contributed by atoms with van der Waals surface area (Å²) in [7, 11) is 1.21. The fourth-order valence-corrected chi connectivity index (χ4v) is 0.447. The van der Waals surface area contributed by atoms with Crippen molar-refractivity contribution >= 4 is 0 Å². The van der Waals surface area contributed by atoms with Gasteiger partial charge in [-0.1, -0.05) is 6.92 Å². The van der Waals surface area contributed by atoms with Crippen LogP contribution in [0.3, 0.4) is 0 Å². The van der Waals surface area contributed by atoms with E-state index in [9.17, 15) is 0 Å². The van der Waals surface area contributed by atoms with Crippen molar-refractivity contribution in [1.82, 2.24) is 5.32 Å². The van der Waals surface area contributed by atoms with Crippen LogP contribution in [0.2, 0.25) is 0 Å². The lowest BCUT2D eigenvalue weighted by atomic mass is 10.1. The quantitative estimate of drug-likeness (QED) is 0.299. The van der Waals surface area contributed by atoms with Crippen molar-refractivity contribution in [2.24, 2.45) is 0 Å². The Kier molecular flexibility index (Phi) is 2.76. The molecule has 0 bridgehead atoms. The molecule has 0 atom stereocenters. The van der Waals surface area contributed by atoms with Gasteiger partial charge in [0, 0.05) is 6.42 Å². The predicted molar refractivity (Wildman–Crippen MR) is 33.7 cm³/mol. The highest BCUT2D eigenvalue weighted by molar-refractivity contribution is 4.76. The monoisotopic (exact) mass is 151 g/mol. The van der Waals surface area contributed by atoms with Gasteiger partial charge in [-0.2, -0.15) is 0 Å². The summed E-state index contributed by atoms with van der Waals surface area (Å²) in [6.07, 6.45) is -0.180. The highest BCUT2D eigenvalue weighted by Crippen LogP contribution is 2.16. The molecule has 10 heavy (non-hydrogen) atoms. The first-order chi connectivity index (χ1) is 4.37. The molecule has 0 saturated carbocycles. The lowest BCUT2D eigenvalue weighted by Gasteiger charge is -2.33. The number of likely N-dealkylation sites (N-methyl/N-ethyl adjacent to an activating group) is 1. The van der Waals surface area contributed by atoms with Gasteiger partial charge < -0.3 is 20.4 Å². The molecule has 0 fully saturated rings. The highest BCUT2D eigenvalue weighted by atomic mass is 16.6. The van der Waals surface area contributed by atoms with Crippen LogP contribution in [-0.4, -0.2) is 39.2 Å². The fraction of sp³-hybridized carbons (Fsp3) is 1.00. The van der Waals surface area contributed by atoms with Gasteiger partial charge in [0.1, 0.15) is 0 Å². The summed E-state index contributed by atoms with van der Waals surface area (Å²) in [6, 6.07) is 0. The average molecular weight is 151 g/mol. The molecule has 0 aliphatic carbocycles. The van der Waals surface area contributed by atoms with Crippen molar-refractivity contribution in [3.63, 3.8) is 0 Å². The van der Waals surface area contributed by atoms with Gasteiger partial charge in [0.15, 0.2) is 0 Å². The number of hydrogen-bond donors (Lipinski definition) is 5. The van der Waals surface area contributed by atoms with E-state index < -0.39 is 11.7 Å². The Balaban J connectivity index is 4.28. The Bertz CT molecular complexity index is 98.2. The summed E-state index contributed by atoms with van der Waals surface area (Å²) in [4.78, 5) is 0. The molecule has 0 amide bonds. The number of hydrogen-bond acceptors (Lipinski definition) is 5. The Labute approximate surface area is 58.9 Å². The van der Waals surface area contributed by atoms with E-state index in [-0.39, 0.29) is 6.42 Å². The third-order valence-electron chi connectivity index (χ3n) is 1.40. The summed E-state index contributed by atoms with van der Waals surface area (Å²) in [5.74, 6) is -5.16. The van der Waals surface area contributed by atoms with Gasteiger partial charge in [-0.25, -0.2) is 0 Å². The molecule has 0 rings (SSSR count). The van der Waals surface area contributed by atoms with Crippen LogP contribution in [-0.2, 0) is 0 Å². The molecule has 0 aromatic heterocycles. The topological polar surface area (TPSA) is 93.0 Å². The zero-order valence-corrected chi connectivity index (χ0v) is 6.00. The zero-order chi connectivity index (χ0) is 8.41. The van der Waals surface area contributed by atoms with Crippen LogP contribution in [0.5, 0.6) is 0 Å². The Morgan fingerprint density at radius 1 is 1.20 bits per heavy atom. The van der Waals surface area contributed by atoms with E-state index in [0.717, 1.165) is 0 Å². The third kappa shape index (κ3) is 1.65. The molecule has 0 aliphatic heterocycles. The van der Waals surface area contributed by atoms with Gasteiger partial charge in [-0.05, 0) is 7.05 Å². The minimum atomic E-state index is -2.65. The van der Waals surface area contributed by atoms with Crippen molar-refractivity contribution in [3.8, 4) is 0 Å². The van der Waals surface area contributed by atoms with Gasteiger partial charge in [-0.15, -0.1) is 0 Å². The van der Waals surface area contributed by atoms with Crippen LogP contribution in [0.4, 0.5) is 0 Å². The zero-order valence-electron chi connectivity index (χ0n) is 6.00. The highest BCUT2D eigenvalue weighted by Gasteiger charge is 2.44. The summed E-state index contributed by atoms with van der Waals surface area (Å²) < 4.78 is 0. The second kappa shape index (κ2) is 2.81. The Morgan fingerprint density at radius 3 is 1.70 bits per heavy atom. The van der Waals surface area contributed by atoms with Gasteiger partial charge in [0.25, 0.3) is 5.91 Å². The van der Waals surface area contributed by atoms with E-state index in [0.29, 0.717) is 0 Å². The molecular weight excluding hydrogens is 138 g/mol. The molecule has 5 N–H and O–H groups in total. The minimum Gasteiger partial charge on any atom is -0.360 e. The maximum absolute atomic E-state index is 8.84. The van der Waals surface area contributed by atoms with E-state index in [1.54, 1.807) is 0 Å². The van der Waals surface area contributed by atoms with Gasteiger partial charge >= 0.3 is 0 Å². The smallest absolute Gasteiger partial charge is 0.278 e. The van der Waals surface area contributed by atoms with Crippen LogP contribution < -0.4 is 5.32 Å². The second-order valence-corrected chi connectivity index (χ2v) is 2.09. The molecule has 0 aromatic rings. The fourth-order valence-electron chi connectivity index (χ4n) is 0.447. The Hall–Kier alpha value is -0.200. The molecule has 5 nitrogen and oxygen atoms in total. The normalized spacial score (nSPS) is 13.8. The molecule has 0 radical (unpaired) electrons. The van der Waals surface area contributed by atoms with Crippen molar-refractivity contribution in [2.75, 3.05) is 7.05 Å². The summed E-state index contributed by atoms with van der Waals surface area (Å²) in [5.41, 5.74) is 0. The van der Waals surface area contributed by atoms with Crippen molar-refractivity contribution in [2.45, 2.75) is 25.0 Å². The molecule has 0 aliphatic rings. The summed E-state index contributed by atoms with van der Waals surface area (Å²) in [6.45, 7) is 1.42. The molecule has 0 aromatic carbocycles. The first-order valence-corrected chi connectivity index (χ1v) is 2.96. The third-order valence-corrected chi connectivity index (χ3v) is 1.40. The van der Waals surface area contributed by atoms with E-state index >= 15 is 0 Å². The van der Waals surface area contributed by atoms with Gasteiger partial charge in [0.2, 0.25) is 5.79 Å². The van der Waals surface area contributed by atoms with Crippen LogP contribution in [0.15, 0.2) is 0 Å². The van der Waals surface area contributed by atoms with Crippen LogP contribution in [0, 0.1) is 0 Å². The molecule has 0 unspecified atom stereocenters. The molecule has 0 spiro atoms. The molecule has 0 saturated heterocycles. The van der Waals surface area contributed by atoms with Crippen molar-refractivity contribution in [1.29, 1.82) is 0 Å². The van der Waals surface area contributed by atoms with Crippen LogP contribution >= 0.6 is 0 Å². The van der Waals surface area contributed by atoms with E-state index in [1.165, 1.54) is 14.0 Å². The predicted octanol–water partition coefficient (Wildman–Crippen LogP) is -2.06. The summed E-state index contributed by atoms with van der Waals surface area (Å²) in [5, 5.41) is 37.2. The van der Waals surface area contributed by atoms with Gasteiger partial charge in [0.05, 0.1) is 0 Å². The largest absolute Gasteiger partial charge is 0.360 e. The maximum Gasteiger partial charge on any atom is 0.278 e. The molecule has 62 valence electrons. The second-order valence-electron chi connectivity index (χ2n) is 2.09. The molecule has 5 heteroatoms.